The predicted octanol–water partition coefficient (Wildman–Crippen LogP) is 3.91. The Hall–Kier alpha value is -0.870. The van der Waals surface area contributed by atoms with Crippen LogP contribution in [-0.2, 0) is 4.79 Å². The maximum absolute atomic E-state index is 12.9. The number of anilines is 1. The summed E-state index contributed by atoms with van der Waals surface area (Å²) >= 11 is 1.65. The zero-order chi connectivity index (χ0) is 15.7. The van der Waals surface area contributed by atoms with Gasteiger partial charge in [0.15, 0.2) is 0 Å². The minimum Gasteiger partial charge on any atom is -0.309 e. The van der Waals surface area contributed by atoms with E-state index >= 15 is 0 Å². The van der Waals surface area contributed by atoms with Crippen LogP contribution in [-0.4, -0.2) is 25.5 Å². The van der Waals surface area contributed by atoms with Gasteiger partial charge in [0.1, 0.15) is 0 Å². The van der Waals surface area contributed by atoms with Gasteiger partial charge in [0, 0.05) is 6.54 Å². The molecule has 1 N–H and O–H groups in total. The SMILES string of the molecule is CNC1CC(C)(C)CC(C)(C)CCN(c2cccs2)C1=O. The van der Waals surface area contributed by atoms with Crippen molar-refractivity contribution < 1.29 is 4.79 Å². The second-order valence-electron chi connectivity index (χ2n) is 7.74. The average Bonchev–Trinajstić information content (AvgIpc) is 2.87. The molecule has 0 aliphatic carbocycles. The number of nitrogens with zero attached hydrogens (tertiary/aromatic N) is 1. The van der Waals surface area contributed by atoms with Crippen molar-refractivity contribution in [2.24, 2.45) is 10.8 Å². The molecule has 1 fully saturated rings. The molecule has 118 valence electrons. The Labute approximate surface area is 132 Å². The van der Waals surface area contributed by atoms with Crippen LogP contribution in [0.4, 0.5) is 5.00 Å². The summed E-state index contributed by atoms with van der Waals surface area (Å²) in [6.07, 6.45) is 3.06. The lowest BCUT2D eigenvalue weighted by Crippen LogP contribution is -2.47. The Bertz CT molecular complexity index is 479. The number of nitrogens with one attached hydrogen (secondary N) is 1. The van der Waals surface area contributed by atoms with Crippen LogP contribution in [0.15, 0.2) is 17.5 Å². The molecule has 0 aromatic carbocycles. The number of carbonyl (C=O) groups excluding carboxylic acids is 1. The molecular weight excluding hydrogens is 280 g/mol. The highest BCUT2D eigenvalue weighted by Crippen LogP contribution is 2.41. The number of carbonyl (C=O) groups is 1. The lowest BCUT2D eigenvalue weighted by molar-refractivity contribution is -0.121. The van der Waals surface area contributed by atoms with E-state index in [9.17, 15) is 4.79 Å². The van der Waals surface area contributed by atoms with E-state index < -0.39 is 0 Å². The van der Waals surface area contributed by atoms with Crippen molar-refractivity contribution in [3.8, 4) is 0 Å². The van der Waals surface area contributed by atoms with Gasteiger partial charge in [-0.25, -0.2) is 0 Å². The Kier molecular flexibility index (Phi) is 4.79. The summed E-state index contributed by atoms with van der Waals surface area (Å²) in [5.74, 6) is 0.214. The van der Waals surface area contributed by atoms with Crippen molar-refractivity contribution in [1.29, 1.82) is 0 Å². The van der Waals surface area contributed by atoms with Gasteiger partial charge in [0.2, 0.25) is 5.91 Å². The summed E-state index contributed by atoms with van der Waals surface area (Å²) in [7, 11) is 1.90. The Morgan fingerprint density at radius 2 is 2.00 bits per heavy atom. The highest BCUT2D eigenvalue weighted by molar-refractivity contribution is 7.14. The van der Waals surface area contributed by atoms with Gasteiger partial charge < -0.3 is 10.2 Å². The molecule has 1 atom stereocenters. The smallest absolute Gasteiger partial charge is 0.244 e. The average molecular weight is 308 g/mol. The molecule has 1 unspecified atom stereocenters. The zero-order valence-corrected chi connectivity index (χ0v) is 14.7. The molecule has 3 nitrogen and oxygen atoms in total. The standard InChI is InChI=1S/C17H28N2OS/c1-16(2)8-9-19(14-7-6-10-21-14)15(20)13(18-5)11-17(3,4)12-16/h6-7,10,13,18H,8-9,11-12H2,1-5H3. The third kappa shape index (κ3) is 4.07. The number of thiophene rings is 1. The molecule has 0 saturated carbocycles. The van der Waals surface area contributed by atoms with Crippen LogP contribution >= 0.6 is 11.3 Å². The highest BCUT2D eigenvalue weighted by atomic mass is 32.1. The molecule has 1 amide bonds. The van der Waals surface area contributed by atoms with Gasteiger partial charge in [-0.05, 0) is 54.7 Å². The first-order chi connectivity index (χ1) is 9.74. The number of hydrogen-bond donors (Lipinski definition) is 1. The van der Waals surface area contributed by atoms with Crippen LogP contribution in [0.25, 0.3) is 0 Å². The van der Waals surface area contributed by atoms with E-state index in [0.717, 1.165) is 30.8 Å². The van der Waals surface area contributed by atoms with E-state index in [-0.39, 0.29) is 22.8 Å². The quantitative estimate of drug-likeness (QED) is 0.898. The van der Waals surface area contributed by atoms with E-state index in [2.05, 4.69) is 33.0 Å². The molecular formula is C17H28N2OS. The Morgan fingerprint density at radius 3 is 2.57 bits per heavy atom. The normalized spacial score (nSPS) is 26.0. The lowest BCUT2D eigenvalue weighted by Gasteiger charge is -2.35. The summed E-state index contributed by atoms with van der Waals surface area (Å²) < 4.78 is 0. The largest absolute Gasteiger partial charge is 0.309 e. The lowest BCUT2D eigenvalue weighted by atomic mass is 9.71. The molecule has 1 saturated heterocycles. The van der Waals surface area contributed by atoms with Crippen LogP contribution in [0, 0.1) is 10.8 Å². The first-order valence-electron chi connectivity index (χ1n) is 7.76. The summed E-state index contributed by atoms with van der Waals surface area (Å²) in [5.41, 5.74) is 0.417. The number of hydrogen-bond acceptors (Lipinski definition) is 3. The van der Waals surface area contributed by atoms with Gasteiger partial charge in [-0.15, -0.1) is 11.3 Å². The maximum Gasteiger partial charge on any atom is 0.244 e. The summed E-state index contributed by atoms with van der Waals surface area (Å²) in [4.78, 5) is 14.9. The fraction of sp³-hybridized carbons (Fsp3) is 0.706. The molecule has 2 heterocycles. The number of likely N-dealkylation sites (N-methyl/N-ethyl adjacent to an activating group) is 1. The molecule has 1 aromatic heterocycles. The minimum atomic E-state index is -0.101. The van der Waals surface area contributed by atoms with Crippen molar-refractivity contribution >= 4 is 22.2 Å². The van der Waals surface area contributed by atoms with Gasteiger partial charge in [0.25, 0.3) is 0 Å². The Morgan fingerprint density at radius 1 is 1.29 bits per heavy atom. The molecule has 0 bridgehead atoms. The summed E-state index contributed by atoms with van der Waals surface area (Å²) in [6.45, 7) is 10.0. The van der Waals surface area contributed by atoms with Crippen molar-refractivity contribution in [3.05, 3.63) is 17.5 Å². The molecule has 0 spiro atoms. The second-order valence-corrected chi connectivity index (χ2v) is 8.67. The van der Waals surface area contributed by atoms with E-state index in [1.807, 2.05) is 29.5 Å². The van der Waals surface area contributed by atoms with E-state index in [1.54, 1.807) is 11.3 Å². The fourth-order valence-corrected chi connectivity index (χ4v) is 4.44. The van der Waals surface area contributed by atoms with Crippen molar-refractivity contribution in [3.63, 3.8) is 0 Å². The third-order valence-electron chi connectivity index (χ3n) is 4.41. The third-order valence-corrected chi connectivity index (χ3v) is 5.30. The summed E-state index contributed by atoms with van der Waals surface area (Å²) in [6, 6.07) is 3.96. The monoisotopic (exact) mass is 308 g/mol. The van der Waals surface area contributed by atoms with E-state index in [1.165, 1.54) is 0 Å². The zero-order valence-electron chi connectivity index (χ0n) is 13.9. The number of amides is 1. The maximum atomic E-state index is 12.9. The van der Waals surface area contributed by atoms with Gasteiger partial charge in [-0.2, -0.15) is 0 Å². The molecule has 4 heteroatoms. The molecule has 0 radical (unpaired) electrons. The van der Waals surface area contributed by atoms with Crippen LogP contribution in [0.1, 0.15) is 47.0 Å². The van der Waals surface area contributed by atoms with Crippen molar-refractivity contribution in [2.45, 2.75) is 53.0 Å². The van der Waals surface area contributed by atoms with E-state index in [0.29, 0.717) is 0 Å². The van der Waals surface area contributed by atoms with Crippen molar-refractivity contribution in [2.75, 3.05) is 18.5 Å². The Balaban J connectivity index is 2.33. The molecule has 1 aliphatic heterocycles. The molecule has 1 aromatic rings. The molecule has 2 rings (SSSR count). The topological polar surface area (TPSA) is 32.3 Å². The highest BCUT2D eigenvalue weighted by Gasteiger charge is 2.37. The predicted molar refractivity (Wildman–Crippen MR) is 90.9 cm³/mol. The van der Waals surface area contributed by atoms with Gasteiger partial charge in [0.05, 0.1) is 11.0 Å². The van der Waals surface area contributed by atoms with Crippen molar-refractivity contribution in [1.82, 2.24) is 5.32 Å². The van der Waals surface area contributed by atoms with Crippen LogP contribution in [0.3, 0.4) is 0 Å². The van der Waals surface area contributed by atoms with Crippen LogP contribution in [0.2, 0.25) is 0 Å². The van der Waals surface area contributed by atoms with E-state index in [4.69, 9.17) is 0 Å². The first-order valence-corrected chi connectivity index (χ1v) is 8.64. The van der Waals surface area contributed by atoms with Gasteiger partial charge >= 0.3 is 0 Å². The molecule has 1 aliphatic rings. The number of rotatable bonds is 2. The first kappa shape index (κ1) is 16.5. The summed E-state index contributed by atoms with van der Waals surface area (Å²) in [5, 5.41) is 6.34. The second kappa shape index (κ2) is 6.09. The minimum absolute atomic E-state index is 0.101. The van der Waals surface area contributed by atoms with Crippen LogP contribution < -0.4 is 10.2 Å². The van der Waals surface area contributed by atoms with Gasteiger partial charge in [-0.1, -0.05) is 27.7 Å². The van der Waals surface area contributed by atoms with Crippen LogP contribution in [0.5, 0.6) is 0 Å². The fourth-order valence-electron chi connectivity index (χ4n) is 3.68. The molecule has 21 heavy (non-hydrogen) atoms. The van der Waals surface area contributed by atoms with Gasteiger partial charge in [-0.3, -0.25) is 4.79 Å².